The maximum Gasteiger partial charge on any atom is 0.223 e. The van der Waals surface area contributed by atoms with Gasteiger partial charge in [0.05, 0.1) is 6.54 Å². The lowest BCUT2D eigenvalue weighted by molar-refractivity contribution is 0.375. The zero-order valence-corrected chi connectivity index (χ0v) is 11.6. The predicted molar refractivity (Wildman–Crippen MR) is 75.3 cm³/mol. The smallest absolute Gasteiger partial charge is 0.223 e. The standard InChI is InChI=1S/C14H19N5O/c1-11-17-13(18-20-11)10-16-12-5-8-19(9-6-12)14-4-2-3-7-15-14/h2-4,7,12,16H,5-6,8-10H2,1H3. The summed E-state index contributed by atoms with van der Waals surface area (Å²) in [6.07, 6.45) is 4.05. The van der Waals surface area contributed by atoms with Gasteiger partial charge in [0.15, 0.2) is 5.82 Å². The molecule has 20 heavy (non-hydrogen) atoms. The summed E-state index contributed by atoms with van der Waals surface area (Å²) in [7, 11) is 0. The van der Waals surface area contributed by atoms with Crippen LogP contribution in [0.2, 0.25) is 0 Å². The number of aryl methyl sites for hydroxylation is 1. The van der Waals surface area contributed by atoms with E-state index in [4.69, 9.17) is 4.52 Å². The molecule has 0 unspecified atom stereocenters. The highest BCUT2D eigenvalue weighted by atomic mass is 16.5. The monoisotopic (exact) mass is 273 g/mol. The number of pyridine rings is 1. The zero-order chi connectivity index (χ0) is 13.8. The molecular weight excluding hydrogens is 254 g/mol. The number of nitrogens with one attached hydrogen (secondary N) is 1. The van der Waals surface area contributed by atoms with Gasteiger partial charge in [0.1, 0.15) is 5.82 Å². The van der Waals surface area contributed by atoms with Crippen molar-refractivity contribution in [3.8, 4) is 0 Å². The molecule has 6 nitrogen and oxygen atoms in total. The van der Waals surface area contributed by atoms with Crippen molar-refractivity contribution < 1.29 is 4.52 Å². The van der Waals surface area contributed by atoms with Crippen molar-refractivity contribution in [3.63, 3.8) is 0 Å². The second-order valence-corrected chi connectivity index (χ2v) is 5.06. The molecule has 3 rings (SSSR count). The fourth-order valence-electron chi connectivity index (χ4n) is 2.50. The van der Waals surface area contributed by atoms with Gasteiger partial charge in [-0.2, -0.15) is 4.98 Å². The SMILES string of the molecule is Cc1nc(CNC2CCN(c3ccccn3)CC2)no1. The summed E-state index contributed by atoms with van der Waals surface area (Å²) in [4.78, 5) is 10.9. The molecule has 1 N–H and O–H groups in total. The summed E-state index contributed by atoms with van der Waals surface area (Å²) < 4.78 is 4.96. The molecule has 2 aromatic rings. The molecule has 0 amide bonds. The van der Waals surface area contributed by atoms with Gasteiger partial charge in [0.25, 0.3) is 0 Å². The lowest BCUT2D eigenvalue weighted by atomic mass is 10.1. The molecule has 0 atom stereocenters. The van der Waals surface area contributed by atoms with Crippen LogP contribution in [0, 0.1) is 6.92 Å². The number of aromatic nitrogens is 3. The summed E-state index contributed by atoms with van der Waals surface area (Å²) in [6.45, 7) is 4.54. The van der Waals surface area contributed by atoms with Crippen molar-refractivity contribution in [1.82, 2.24) is 20.4 Å². The van der Waals surface area contributed by atoms with Crippen LogP contribution in [-0.4, -0.2) is 34.3 Å². The summed E-state index contributed by atoms with van der Waals surface area (Å²) in [5, 5.41) is 7.38. The first-order valence-corrected chi connectivity index (χ1v) is 7.00. The Morgan fingerprint density at radius 3 is 2.85 bits per heavy atom. The highest BCUT2D eigenvalue weighted by molar-refractivity contribution is 5.38. The second kappa shape index (κ2) is 6.00. The quantitative estimate of drug-likeness (QED) is 0.911. The first kappa shape index (κ1) is 13.1. The summed E-state index contributed by atoms with van der Waals surface area (Å²) in [6, 6.07) is 6.56. The maximum absolute atomic E-state index is 4.96. The third-order valence-corrected chi connectivity index (χ3v) is 3.59. The molecule has 0 bridgehead atoms. The molecular formula is C14H19N5O. The molecule has 106 valence electrons. The minimum absolute atomic E-state index is 0.508. The van der Waals surface area contributed by atoms with Crippen LogP contribution in [0.1, 0.15) is 24.6 Å². The summed E-state index contributed by atoms with van der Waals surface area (Å²) in [5.74, 6) is 2.42. The largest absolute Gasteiger partial charge is 0.357 e. The summed E-state index contributed by atoms with van der Waals surface area (Å²) >= 11 is 0. The van der Waals surface area contributed by atoms with Crippen molar-refractivity contribution in [2.24, 2.45) is 0 Å². The molecule has 1 aliphatic heterocycles. The Morgan fingerprint density at radius 1 is 1.35 bits per heavy atom. The zero-order valence-electron chi connectivity index (χ0n) is 11.6. The lowest BCUT2D eigenvalue weighted by Crippen LogP contribution is -2.42. The molecule has 0 radical (unpaired) electrons. The topological polar surface area (TPSA) is 67.1 Å². The molecule has 6 heteroatoms. The fourth-order valence-corrected chi connectivity index (χ4v) is 2.50. The first-order valence-electron chi connectivity index (χ1n) is 7.00. The van der Waals surface area contributed by atoms with Gasteiger partial charge in [-0.3, -0.25) is 0 Å². The highest BCUT2D eigenvalue weighted by Crippen LogP contribution is 2.17. The molecule has 2 aromatic heterocycles. The normalized spacial score (nSPS) is 16.6. The Hall–Kier alpha value is -1.95. The van der Waals surface area contributed by atoms with E-state index in [1.807, 2.05) is 25.3 Å². The predicted octanol–water partition coefficient (Wildman–Crippen LogP) is 1.53. The average molecular weight is 273 g/mol. The molecule has 0 saturated carbocycles. The maximum atomic E-state index is 4.96. The van der Waals surface area contributed by atoms with Gasteiger partial charge < -0.3 is 14.7 Å². The first-order chi connectivity index (χ1) is 9.81. The Bertz CT molecular complexity index is 534. The molecule has 0 aliphatic carbocycles. The van der Waals surface area contributed by atoms with Gasteiger partial charge >= 0.3 is 0 Å². The highest BCUT2D eigenvalue weighted by Gasteiger charge is 2.19. The van der Waals surface area contributed by atoms with Crippen molar-refractivity contribution >= 4 is 5.82 Å². The number of piperidine rings is 1. The number of anilines is 1. The van der Waals surface area contributed by atoms with Crippen molar-refractivity contribution in [3.05, 3.63) is 36.1 Å². The van der Waals surface area contributed by atoms with E-state index in [0.717, 1.165) is 37.6 Å². The van der Waals surface area contributed by atoms with Gasteiger partial charge in [-0.05, 0) is 25.0 Å². The molecule has 1 saturated heterocycles. The van der Waals surface area contributed by atoms with E-state index in [2.05, 4.69) is 31.4 Å². The number of hydrogen-bond acceptors (Lipinski definition) is 6. The fraction of sp³-hybridized carbons (Fsp3) is 0.500. The van der Waals surface area contributed by atoms with Gasteiger partial charge in [-0.1, -0.05) is 11.2 Å². The lowest BCUT2D eigenvalue weighted by Gasteiger charge is -2.33. The number of hydrogen-bond donors (Lipinski definition) is 1. The van der Waals surface area contributed by atoms with Gasteiger partial charge in [-0.15, -0.1) is 0 Å². The van der Waals surface area contributed by atoms with Crippen LogP contribution >= 0.6 is 0 Å². The van der Waals surface area contributed by atoms with E-state index in [9.17, 15) is 0 Å². The van der Waals surface area contributed by atoms with Crippen LogP contribution in [0.25, 0.3) is 0 Å². The molecule has 3 heterocycles. The Balaban J connectivity index is 1.47. The summed E-state index contributed by atoms with van der Waals surface area (Å²) in [5.41, 5.74) is 0. The van der Waals surface area contributed by atoms with Crippen LogP contribution in [0.15, 0.2) is 28.9 Å². The van der Waals surface area contributed by atoms with Crippen molar-refractivity contribution in [2.45, 2.75) is 32.4 Å². The van der Waals surface area contributed by atoms with Crippen LogP contribution in [0.3, 0.4) is 0 Å². The Kier molecular flexibility index (Phi) is 3.92. The molecule has 1 aliphatic rings. The van der Waals surface area contributed by atoms with E-state index in [0.29, 0.717) is 18.5 Å². The number of rotatable bonds is 4. The minimum atomic E-state index is 0.508. The molecule has 0 aromatic carbocycles. The van der Waals surface area contributed by atoms with Gasteiger partial charge in [0, 0.05) is 32.3 Å². The molecule has 1 fully saturated rings. The second-order valence-electron chi connectivity index (χ2n) is 5.06. The van der Waals surface area contributed by atoms with Crippen molar-refractivity contribution in [1.29, 1.82) is 0 Å². The molecule has 0 spiro atoms. The van der Waals surface area contributed by atoms with Crippen LogP contribution < -0.4 is 10.2 Å². The third-order valence-electron chi connectivity index (χ3n) is 3.59. The average Bonchev–Trinajstić information content (AvgIpc) is 2.92. The van der Waals surface area contributed by atoms with Crippen molar-refractivity contribution in [2.75, 3.05) is 18.0 Å². The van der Waals surface area contributed by atoms with E-state index >= 15 is 0 Å². The minimum Gasteiger partial charge on any atom is -0.357 e. The Morgan fingerprint density at radius 2 is 2.20 bits per heavy atom. The Labute approximate surface area is 118 Å². The number of nitrogens with zero attached hydrogens (tertiary/aromatic N) is 4. The van der Waals surface area contributed by atoms with E-state index in [-0.39, 0.29) is 0 Å². The van der Waals surface area contributed by atoms with Gasteiger partial charge in [-0.25, -0.2) is 4.98 Å². The van der Waals surface area contributed by atoms with Crippen LogP contribution in [0.5, 0.6) is 0 Å². The third kappa shape index (κ3) is 3.14. The van der Waals surface area contributed by atoms with Gasteiger partial charge in [0.2, 0.25) is 5.89 Å². The van der Waals surface area contributed by atoms with E-state index < -0.39 is 0 Å². The van der Waals surface area contributed by atoms with Crippen LogP contribution in [-0.2, 0) is 6.54 Å². The van der Waals surface area contributed by atoms with E-state index in [1.165, 1.54) is 0 Å². The van der Waals surface area contributed by atoms with Crippen LogP contribution in [0.4, 0.5) is 5.82 Å². The van der Waals surface area contributed by atoms with E-state index in [1.54, 1.807) is 0 Å².